The minimum absolute atomic E-state index is 0.265. The second-order valence-electron chi connectivity index (χ2n) is 5.76. The number of esters is 1. The average molecular weight is 353 g/mol. The summed E-state index contributed by atoms with van der Waals surface area (Å²) in [5.74, 6) is 0.535. The van der Waals surface area contributed by atoms with E-state index in [2.05, 4.69) is 17.4 Å². The van der Waals surface area contributed by atoms with Gasteiger partial charge in [0.1, 0.15) is 5.75 Å². The van der Waals surface area contributed by atoms with E-state index in [1.165, 1.54) is 0 Å². The maximum atomic E-state index is 12.0. The molecule has 2 aromatic carbocycles. The second kappa shape index (κ2) is 9.66. The minimum Gasteiger partial charge on any atom is -0.493 e. The van der Waals surface area contributed by atoms with Crippen LogP contribution in [0.1, 0.15) is 32.8 Å². The lowest BCUT2D eigenvalue weighted by molar-refractivity contribution is -0.138. The summed E-state index contributed by atoms with van der Waals surface area (Å²) < 4.78 is 11.0. The Bertz CT molecular complexity index is 781. The van der Waals surface area contributed by atoms with E-state index in [1.807, 2.05) is 64.2 Å². The maximum absolute atomic E-state index is 12.0. The van der Waals surface area contributed by atoms with E-state index in [1.54, 1.807) is 0 Å². The third kappa shape index (κ3) is 4.88. The summed E-state index contributed by atoms with van der Waals surface area (Å²) >= 11 is 0. The molecule has 0 radical (unpaired) electrons. The van der Waals surface area contributed by atoms with E-state index in [9.17, 15) is 4.79 Å². The van der Waals surface area contributed by atoms with E-state index in [0.29, 0.717) is 25.2 Å². The van der Waals surface area contributed by atoms with Gasteiger partial charge in [-0.25, -0.2) is 4.79 Å². The molecule has 0 bridgehead atoms. The molecule has 2 rings (SSSR count). The average Bonchev–Trinajstić information content (AvgIpc) is 2.66. The van der Waals surface area contributed by atoms with Crippen molar-refractivity contribution in [2.75, 3.05) is 25.6 Å². The largest absolute Gasteiger partial charge is 0.493 e. The van der Waals surface area contributed by atoms with Gasteiger partial charge in [0.15, 0.2) is 0 Å². The van der Waals surface area contributed by atoms with E-state index < -0.39 is 0 Å². The summed E-state index contributed by atoms with van der Waals surface area (Å²) in [7, 11) is 1.90. The Morgan fingerprint density at radius 2 is 1.88 bits per heavy atom. The van der Waals surface area contributed by atoms with Crippen LogP contribution in [0, 0.1) is 0 Å². The summed E-state index contributed by atoms with van der Waals surface area (Å²) in [5.41, 5.74) is 4.72. The summed E-state index contributed by atoms with van der Waals surface area (Å²) in [6, 6.07) is 14.2. The van der Waals surface area contributed by atoms with Gasteiger partial charge in [-0.05, 0) is 55.7 Å². The van der Waals surface area contributed by atoms with Crippen molar-refractivity contribution in [2.24, 2.45) is 0 Å². The number of anilines is 1. The van der Waals surface area contributed by atoms with Crippen LogP contribution in [-0.4, -0.2) is 26.2 Å². The molecule has 0 atom stereocenters. The van der Waals surface area contributed by atoms with Crippen LogP contribution in [0.4, 0.5) is 5.69 Å². The van der Waals surface area contributed by atoms with Crippen molar-refractivity contribution >= 4 is 17.7 Å². The molecular weight excluding hydrogens is 326 g/mol. The van der Waals surface area contributed by atoms with Crippen LogP contribution in [0.15, 0.2) is 48.0 Å². The molecule has 0 heterocycles. The molecule has 0 aliphatic heterocycles. The van der Waals surface area contributed by atoms with Crippen molar-refractivity contribution in [3.05, 3.63) is 53.6 Å². The van der Waals surface area contributed by atoms with E-state index in [4.69, 9.17) is 9.47 Å². The van der Waals surface area contributed by atoms with E-state index >= 15 is 0 Å². The molecule has 138 valence electrons. The summed E-state index contributed by atoms with van der Waals surface area (Å²) in [6.45, 7) is 6.67. The number of nitrogens with one attached hydrogen (secondary N) is 1. The highest BCUT2D eigenvalue weighted by Crippen LogP contribution is 2.33. The number of hydrogen-bond acceptors (Lipinski definition) is 4. The topological polar surface area (TPSA) is 47.6 Å². The molecule has 0 fully saturated rings. The minimum atomic E-state index is -0.265. The molecule has 1 N–H and O–H groups in total. The Balaban J connectivity index is 2.43. The number of hydrogen-bond donors (Lipinski definition) is 1. The zero-order valence-electron chi connectivity index (χ0n) is 16.0. The highest BCUT2D eigenvalue weighted by molar-refractivity contribution is 5.93. The number of carbonyl (C=O) groups is 1. The predicted molar refractivity (Wildman–Crippen MR) is 107 cm³/mol. The van der Waals surface area contributed by atoms with Crippen LogP contribution < -0.4 is 10.1 Å². The maximum Gasteiger partial charge on any atom is 0.333 e. The normalized spacial score (nSPS) is 11.2. The molecule has 0 saturated carbocycles. The smallest absolute Gasteiger partial charge is 0.333 e. The Kier molecular flexibility index (Phi) is 7.27. The molecule has 4 nitrogen and oxygen atoms in total. The van der Waals surface area contributed by atoms with Gasteiger partial charge in [0.25, 0.3) is 0 Å². The fraction of sp³-hybridized carbons (Fsp3) is 0.318. The monoisotopic (exact) mass is 353 g/mol. The Morgan fingerprint density at radius 1 is 1.08 bits per heavy atom. The highest BCUT2D eigenvalue weighted by atomic mass is 16.5. The first-order chi connectivity index (χ1) is 12.6. The van der Waals surface area contributed by atoms with E-state index in [-0.39, 0.29) is 5.97 Å². The second-order valence-corrected chi connectivity index (χ2v) is 5.76. The van der Waals surface area contributed by atoms with Crippen LogP contribution in [0.2, 0.25) is 0 Å². The molecule has 0 aliphatic rings. The predicted octanol–water partition coefficient (Wildman–Crippen LogP) is 5.15. The molecule has 0 spiro atoms. The first kappa shape index (κ1) is 19.6. The van der Waals surface area contributed by atoms with Gasteiger partial charge in [0.2, 0.25) is 0 Å². The molecular formula is C22H27NO3. The van der Waals surface area contributed by atoms with Crippen molar-refractivity contribution in [2.45, 2.75) is 27.2 Å². The number of ether oxygens (including phenoxy) is 2. The molecule has 0 amide bonds. The highest BCUT2D eigenvalue weighted by Gasteiger charge is 2.11. The van der Waals surface area contributed by atoms with Crippen molar-refractivity contribution in [1.82, 2.24) is 0 Å². The first-order valence-corrected chi connectivity index (χ1v) is 9.05. The molecule has 0 aliphatic carbocycles. The van der Waals surface area contributed by atoms with Gasteiger partial charge in [-0.3, -0.25) is 0 Å². The number of carbonyl (C=O) groups excluding carboxylic acids is 1. The summed E-state index contributed by atoms with van der Waals surface area (Å²) in [4.78, 5) is 12.0. The van der Waals surface area contributed by atoms with Gasteiger partial charge in [0, 0.05) is 23.9 Å². The van der Waals surface area contributed by atoms with Crippen LogP contribution in [0.3, 0.4) is 0 Å². The van der Waals surface area contributed by atoms with Gasteiger partial charge >= 0.3 is 5.97 Å². The van der Waals surface area contributed by atoms with Crippen LogP contribution in [0.25, 0.3) is 17.2 Å². The Hall–Kier alpha value is -2.75. The van der Waals surface area contributed by atoms with Gasteiger partial charge in [-0.1, -0.05) is 31.2 Å². The first-order valence-electron chi connectivity index (χ1n) is 9.05. The molecule has 0 aromatic heterocycles. The van der Waals surface area contributed by atoms with Gasteiger partial charge in [-0.2, -0.15) is 0 Å². The van der Waals surface area contributed by atoms with Crippen LogP contribution in [-0.2, 0) is 9.53 Å². The SMILES string of the molecule is CCOC(=O)/C(=C/c1ccc(-c2cccc(NC)c2)c(OCC)c1)CC. The van der Waals surface area contributed by atoms with E-state index in [0.717, 1.165) is 28.1 Å². The van der Waals surface area contributed by atoms with Crippen molar-refractivity contribution in [3.63, 3.8) is 0 Å². The Morgan fingerprint density at radius 3 is 2.54 bits per heavy atom. The zero-order chi connectivity index (χ0) is 18.9. The standard InChI is InChI=1S/C22H27NO3/c1-5-17(22(24)26-7-3)13-16-11-12-20(21(14-16)25-6-2)18-9-8-10-19(15-18)23-4/h8-15,23H,5-7H2,1-4H3/b17-13+. The van der Waals surface area contributed by atoms with Gasteiger partial charge in [-0.15, -0.1) is 0 Å². The number of benzene rings is 2. The molecule has 0 saturated heterocycles. The lowest BCUT2D eigenvalue weighted by Gasteiger charge is -2.13. The fourth-order valence-electron chi connectivity index (χ4n) is 2.71. The number of rotatable bonds is 8. The van der Waals surface area contributed by atoms with Crippen LogP contribution >= 0.6 is 0 Å². The van der Waals surface area contributed by atoms with Gasteiger partial charge < -0.3 is 14.8 Å². The van der Waals surface area contributed by atoms with Gasteiger partial charge in [0.05, 0.1) is 13.2 Å². The van der Waals surface area contributed by atoms with Crippen molar-refractivity contribution in [1.29, 1.82) is 0 Å². The van der Waals surface area contributed by atoms with Crippen molar-refractivity contribution in [3.8, 4) is 16.9 Å². The zero-order valence-corrected chi connectivity index (χ0v) is 16.0. The molecule has 2 aromatic rings. The third-order valence-electron chi connectivity index (χ3n) is 4.03. The third-order valence-corrected chi connectivity index (χ3v) is 4.03. The fourth-order valence-corrected chi connectivity index (χ4v) is 2.71. The lowest BCUT2D eigenvalue weighted by Crippen LogP contribution is -2.06. The Labute approximate surface area is 155 Å². The van der Waals surface area contributed by atoms with Crippen LogP contribution in [0.5, 0.6) is 5.75 Å². The molecule has 4 heteroatoms. The lowest BCUT2D eigenvalue weighted by atomic mass is 10.0. The summed E-state index contributed by atoms with van der Waals surface area (Å²) in [6.07, 6.45) is 2.49. The molecule has 0 unspecified atom stereocenters. The quantitative estimate of drug-likeness (QED) is 0.526. The molecule has 26 heavy (non-hydrogen) atoms. The summed E-state index contributed by atoms with van der Waals surface area (Å²) in [5, 5.41) is 3.16. The van der Waals surface area contributed by atoms with Crippen molar-refractivity contribution < 1.29 is 14.3 Å².